The van der Waals surface area contributed by atoms with Crippen LogP contribution in [0.2, 0.25) is 0 Å². The molecule has 1 rings (SSSR count). The fourth-order valence-electron chi connectivity index (χ4n) is 2.08. The largest absolute Gasteiger partial charge is 0.444 e. The van der Waals surface area contributed by atoms with Crippen LogP contribution in [0.4, 0.5) is 4.79 Å². The van der Waals surface area contributed by atoms with E-state index in [2.05, 4.69) is 13.2 Å². The molecular formula is C15H25NO3. The predicted molar refractivity (Wildman–Crippen MR) is 75.8 cm³/mol. The summed E-state index contributed by atoms with van der Waals surface area (Å²) in [4.78, 5) is 14.0. The highest BCUT2D eigenvalue weighted by Gasteiger charge is 2.46. The molecule has 19 heavy (non-hydrogen) atoms. The molecule has 1 fully saturated rings. The minimum Gasteiger partial charge on any atom is -0.444 e. The van der Waals surface area contributed by atoms with Gasteiger partial charge in [-0.15, -0.1) is 6.58 Å². The van der Waals surface area contributed by atoms with Gasteiger partial charge < -0.3 is 9.47 Å². The Kier molecular flexibility index (Phi) is 4.46. The molecule has 0 aromatic heterocycles. The molecule has 0 unspecified atom stereocenters. The molecule has 0 aliphatic carbocycles. The number of hydrogen-bond donors (Lipinski definition) is 0. The molecule has 1 heterocycles. The summed E-state index contributed by atoms with van der Waals surface area (Å²) >= 11 is 0. The maximum Gasteiger partial charge on any atom is 0.413 e. The molecule has 0 spiro atoms. The lowest BCUT2D eigenvalue weighted by Gasteiger charge is -2.35. The molecule has 1 atom stereocenters. The molecule has 1 aliphatic rings. The van der Waals surface area contributed by atoms with Gasteiger partial charge in [0, 0.05) is 0 Å². The van der Waals surface area contributed by atoms with Crippen LogP contribution in [-0.4, -0.2) is 35.0 Å². The average molecular weight is 267 g/mol. The van der Waals surface area contributed by atoms with Crippen molar-refractivity contribution in [3.05, 3.63) is 24.8 Å². The number of amides is 1. The van der Waals surface area contributed by atoms with Gasteiger partial charge in [0.25, 0.3) is 0 Å². The van der Waals surface area contributed by atoms with Crippen molar-refractivity contribution in [3.8, 4) is 0 Å². The summed E-state index contributed by atoms with van der Waals surface area (Å²) in [5, 5.41) is 0. The van der Waals surface area contributed by atoms with Gasteiger partial charge in [0.05, 0.1) is 12.6 Å². The summed E-state index contributed by atoms with van der Waals surface area (Å²) in [5.41, 5.74) is -0.302. The Labute approximate surface area is 116 Å². The lowest BCUT2D eigenvalue weighted by Crippen LogP contribution is -2.50. The number of nitrogens with zero attached hydrogens (tertiary/aromatic N) is 1. The van der Waals surface area contributed by atoms with E-state index >= 15 is 0 Å². The highest BCUT2D eigenvalue weighted by Crippen LogP contribution is 2.33. The minimum absolute atomic E-state index is 0.164. The van der Waals surface area contributed by atoms with E-state index in [-0.39, 0.29) is 12.1 Å². The molecular weight excluding hydrogens is 242 g/mol. The summed E-state index contributed by atoms with van der Waals surface area (Å²) in [7, 11) is 0. The van der Waals surface area contributed by atoms with Gasteiger partial charge >= 0.3 is 6.09 Å². The van der Waals surface area contributed by atoms with E-state index < -0.39 is 11.3 Å². The van der Waals surface area contributed by atoms with Crippen molar-refractivity contribution in [2.75, 3.05) is 6.61 Å². The molecule has 0 aromatic carbocycles. The lowest BCUT2D eigenvalue weighted by atomic mass is 10.0. The summed E-state index contributed by atoms with van der Waals surface area (Å²) in [6.07, 6.45) is 2.06. The van der Waals surface area contributed by atoms with Crippen LogP contribution in [-0.2, 0) is 9.47 Å². The Morgan fingerprint density at radius 2 is 2.11 bits per heavy atom. The molecule has 1 saturated heterocycles. The Hall–Kier alpha value is -1.29. The first-order valence-corrected chi connectivity index (χ1v) is 6.53. The van der Waals surface area contributed by atoms with Gasteiger partial charge in [-0.25, -0.2) is 4.79 Å². The first-order chi connectivity index (χ1) is 8.58. The van der Waals surface area contributed by atoms with Crippen LogP contribution in [0, 0.1) is 0 Å². The molecule has 0 saturated carbocycles. The Morgan fingerprint density at radius 3 is 2.58 bits per heavy atom. The lowest BCUT2D eigenvalue weighted by molar-refractivity contribution is -0.0614. The third-order valence-corrected chi connectivity index (χ3v) is 2.95. The van der Waals surface area contributed by atoms with E-state index in [4.69, 9.17) is 9.47 Å². The third-order valence-electron chi connectivity index (χ3n) is 2.95. The zero-order valence-electron chi connectivity index (χ0n) is 12.7. The van der Waals surface area contributed by atoms with Crippen LogP contribution in [0.3, 0.4) is 0 Å². The minimum atomic E-state index is -0.683. The second kappa shape index (κ2) is 5.37. The summed E-state index contributed by atoms with van der Waals surface area (Å²) in [6.45, 7) is 17.4. The van der Waals surface area contributed by atoms with E-state index in [1.165, 1.54) is 0 Å². The summed E-state index contributed by atoms with van der Waals surface area (Å²) in [5.74, 6) is 0. The van der Waals surface area contributed by atoms with E-state index in [1.54, 1.807) is 11.0 Å². The standard InChI is InChI=1S/C15H25NO3/c1-8-9-11(2)12-10-18-15(6,7)16(12)13(17)19-14(3,4)5/h8,12H,1-2,9-10H2,3-7H3/t12-/m0/s1. The zero-order chi connectivity index (χ0) is 14.8. The van der Waals surface area contributed by atoms with Gasteiger partial charge in [-0.05, 0) is 46.6 Å². The Morgan fingerprint density at radius 1 is 1.53 bits per heavy atom. The maximum atomic E-state index is 12.4. The zero-order valence-corrected chi connectivity index (χ0v) is 12.7. The van der Waals surface area contributed by atoms with Crippen LogP contribution in [0.1, 0.15) is 41.0 Å². The van der Waals surface area contributed by atoms with Crippen molar-refractivity contribution in [2.24, 2.45) is 0 Å². The Bertz CT molecular complexity index is 379. The van der Waals surface area contributed by atoms with Crippen LogP contribution in [0.15, 0.2) is 24.8 Å². The number of carbonyl (C=O) groups is 1. The summed E-state index contributed by atoms with van der Waals surface area (Å²) in [6, 6.07) is -0.164. The molecule has 0 aromatic rings. The van der Waals surface area contributed by atoms with Gasteiger partial charge in [-0.3, -0.25) is 4.90 Å². The topological polar surface area (TPSA) is 38.8 Å². The van der Waals surface area contributed by atoms with Crippen molar-refractivity contribution < 1.29 is 14.3 Å². The predicted octanol–water partition coefficient (Wildman–Crippen LogP) is 3.49. The first kappa shape index (κ1) is 15.8. The quantitative estimate of drug-likeness (QED) is 0.735. The third kappa shape index (κ3) is 3.83. The summed E-state index contributed by atoms with van der Waals surface area (Å²) < 4.78 is 11.2. The van der Waals surface area contributed by atoms with Gasteiger partial charge in [-0.2, -0.15) is 0 Å². The molecule has 4 heteroatoms. The highest BCUT2D eigenvalue weighted by atomic mass is 16.6. The number of ether oxygens (including phenoxy) is 2. The van der Waals surface area contributed by atoms with Gasteiger partial charge in [0.1, 0.15) is 11.3 Å². The number of hydrogen-bond acceptors (Lipinski definition) is 3. The van der Waals surface area contributed by atoms with Gasteiger partial charge in [0.15, 0.2) is 0 Å². The monoisotopic (exact) mass is 267 g/mol. The highest BCUT2D eigenvalue weighted by molar-refractivity contribution is 5.70. The second-order valence-electron chi connectivity index (χ2n) is 6.27. The normalized spacial score (nSPS) is 22.2. The van der Waals surface area contributed by atoms with Crippen molar-refractivity contribution in [3.63, 3.8) is 0 Å². The van der Waals surface area contributed by atoms with E-state index in [0.29, 0.717) is 13.0 Å². The first-order valence-electron chi connectivity index (χ1n) is 6.53. The van der Waals surface area contributed by atoms with E-state index in [9.17, 15) is 4.79 Å². The van der Waals surface area contributed by atoms with Gasteiger partial charge in [-0.1, -0.05) is 12.7 Å². The Balaban J connectivity index is 2.93. The molecule has 0 N–H and O–H groups in total. The average Bonchev–Trinajstić information content (AvgIpc) is 2.51. The van der Waals surface area contributed by atoms with Crippen LogP contribution < -0.4 is 0 Å². The van der Waals surface area contributed by atoms with Crippen molar-refractivity contribution in [1.29, 1.82) is 0 Å². The molecule has 1 aliphatic heterocycles. The second-order valence-corrected chi connectivity index (χ2v) is 6.27. The maximum absolute atomic E-state index is 12.4. The number of carbonyl (C=O) groups excluding carboxylic acids is 1. The van der Waals surface area contributed by atoms with Crippen molar-refractivity contribution in [1.82, 2.24) is 4.90 Å². The fourth-order valence-corrected chi connectivity index (χ4v) is 2.08. The number of rotatable bonds is 3. The van der Waals surface area contributed by atoms with Crippen LogP contribution in [0.5, 0.6) is 0 Å². The molecule has 4 nitrogen and oxygen atoms in total. The molecule has 1 amide bonds. The van der Waals surface area contributed by atoms with E-state index in [1.807, 2.05) is 34.6 Å². The smallest absolute Gasteiger partial charge is 0.413 e. The van der Waals surface area contributed by atoms with Gasteiger partial charge in [0.2, 0.25) is 0 Å². The van der Waals surface area contributed by atoms with Crippen LogP contribution in [0.25, 0.3) is 0 Å². The molecule has 108 valence electrons. The molecule has 0 radical (unpaired) electrons. The molecule has 0 bridgehead atoms. The van der Waals surface area contributed by atoms with Crippen molar-refractivity contribution >= 4 is 6.09 Å². The van der Waals surface area contributed by atoms with Crippen molar-refractivity contribution in [2.45, 2.75) is 58.4 Å². The SMILES string of the molecule is C=CCC(=C)[C@@H]1COC(C)(C)N1C(=O)OC(C)(C)C. The van der Waals surface area contributed by atoms with E-state index in [0.717, 1.165) is 5.57 Å². The van der Waals surface area contributed by atoms with Crippen LogP contribution >= 0.6 is 0 Å². The fraction of sp³-hybridized carbons (Fsp3) is 0.667. The number of allylic oxidation sites excluding steroid dienone is 1.